The Labute approximate surface area is 159 Å². The van der Waals surface area contributed by atoms with Gasteiger partial charge in [-0.25, -0.2) is 0 Å². The van der Waals surface area contributed by atoms with Crippen molar-refractivity contribution in [1.82, 2.24) is 0 Å². The highest BCUT2D eigenvalue weighted by Gasteiger charge is 2.20. The van der Waals surface area contributed by atoms with E-state index in [0.29, 0.717) is 12.3 Å². The van der Waals surface area contributed by atoms with Crippen LogP contribution in [0.3, 0.4) is 0 Å². The normalized spacial score (nSPS) is 11.9. The number of ether oxygens (including phenoxy) is 1. The number of allylic oxidation sites excluding steroid dienone is 2. The van der Waals surface area contributed by atoms with Crippen LogP contribution in [0.4, 0.5) is 4.79 Å². The maximum Gasteiger partial charge on any atom is 0.602 e. The van der Waals surface area contributed by atoms with Crippen LogP contribution < -0.4 is 4.74 Å². The molecular weight excluding hydrogens is 334 g/mol. The summed E-state index contributed by atoms with van der Waals surface area (Å²) in [4.78, 5) is 12.7. The number of hydrogen-bond acceptors (Lipinski definition) is 2. The predicted molar refractivity (Wildman–Crippen MR) is 109 cm³/mol. The van der Waals surface area contributed by atoms with Crippen molar-refractivity contribution in [3.8, 4) is 5.75 Å². The molecule has 134 valence electrons. The molecule has 0 aromatic heterocycles. The molecule has 0 unspecified atom stereocenters. The fourth-order valence-electron chi connectivity index (χ4n) is 2.61. The van der Waals surface area contributed by atoms with Gasteiger partial charge in [-0.05, 0) is 30.2 Å². The van der Waals surface area contributed by atoms with Gasteiger partial charge in [0.2, 0.25) is 0 Å². The van der Waals surface area contributed by atoms with Crippen LogP contribution >= 0.6 is 0 Å². The van der Waals surface area contributed by atoms with Crippen molar-refractivity contribution in [3.63, 3.8) is 0 Å². The Morgan fingerprint density at radius 1 is 0.852 bits per heavy atom. The van der Waals surface area contributed by atoms with Crippen molar-refractivity contribution in [3.05, 3.63) is 108 Å². The standard InChI is InChI=1S/C24H22NO2/c1-20(22-13-7-3-8-14-22)17-18-25(19-21-11-5-2-6-12-21)24(26)27-23-15-9-4-10-16-23/h2-18H,19H2,1H3/q+1/b20-17+,25-18+. The Morgan fingerprint density at radius 3 is 2.04 bits per heavy atom. The molecule has 0 aliphatic rings. The number of hydrogen-bond donors (Lipinski definition) is 0. The summed E-state index contributed by atoms with van der Waals surface area (Å²) in [7, 11) is 0. The first-order valence-electron chi connectivity index (χ1n) is 8.87. The molecule has 3 heteroatoms. The molecular formula is C24H22NO2+. The van der Waals surface area contributed by atoms with Crippen molar-refractivity contribution in [2.75, 3.05) is 0 Å². The lowest BCUT2D eigenvalue weighted by atomic mass is 10.1. The lowest BCUT2D eigenvalue weighted by Crippen LogP contribution is -2.25. The maximum atomic E-state index is 12.7. The zero-order valence-corrected chi connectivity index (χ0v) is 15.3. The Bertz CT molecular complexity index is 930. The molecule has 0 saturated heterocycles. The molecule has 0 atom stereocenters. The van der Waals surface area contributed by atoms with Gasteiger partial charge >= 0.3 is 6.09 Å². The molecule has 0 aliphatic carbocycles. The van der Waals surface area contributed by atoms with Gasteiger partial charge in [-0.15, -0.1) is 4.58 Å². The molecule has 0 saturated carbocycles. The van der Waals surface area contributed by atoms with Gasteiger partial charge in [0, 0.05) is 11.6 Å². The van der Waals surface area contributed by atoms with E-state index in [1.807, 2.05) is 91.9 Å². The van der Waals surface area contributed by atoms with Gasteiger partial charge in [-0.1, -0.05) is 78.9 Å². The third-order valence-electron chi connectivity index (χ3n) is 4.11. The average Bonchev–Trinajstić information content (AvgIpc) is 2.73. The van der Waals surface area contributed by atoms with Gasteiger partial charge in [-0.2, -0.15) is 4.79 Å². The minimum Gasteiger partial charge on any atom is -0.372 e. The summed E-state index contributed by atoms with van der Waals surface area (Å²) in [5.74, 6) is 0.526. The molecule has 0 N–H and O–H groups in total. The van der Waals surface area contributed by atoms with Gasteiger partial charge in [0.15, 0.2) is 12.8 Å². The SMILES string of the molecule is C/C(=C\C=[N+](/Cc1ccccc1)C(=O)Oc1ccccc1)c1ccccc1. The first kappa shape index (κ1) is 18.3. The van der Waals surface area contributed by atoms with E-state index < -0.39 is 6.09 Å². The van der Waals surface area contributed by atoms with Gasteiger partial charge < -0.3 is 4.74 Å². The number of rotatable bonds is 5. The molecule has 0 heterocycles. The van der Waals surface area contributed by atoms with Crippen LogP contribution in [0.25, 0.3) is 5.57 Å². The van der Waals surface area contributed by atoms with Gasteiger partial charge in [0.25, 0.3) is 0 Å². The summed E-state index contributed by atoms with van der Waals surface area (Å²) >= 11 is 0. The molecule has 0 spiro atoms. The molecule has 0 radical (unpaired) electrons. The van der Waals surface area contributed by atoms with Crippen LogP contribution in [-0.2, 0) is 6.54 Å². The van der Waals surface area contributed by atoms with Crippen LogP contribution in [0.2, 0.25) is 0 Å². The third-order valence-corrected chi connectivity index (χ3v) is 4.11. The van der Waals surface area contributed by atoms with Crippen LogP contribution in [0.15, 0.2) is 97.1 Å². The number of amides is 1. The first-order chi connectivity index (χ1) is 13.2. The highest BCUT2D eigenvalue weighted by atomic mass is 16.6. The summed E-state index contributed by atoms with van der Waals surface area (Å²) in [6.07, 6.45) is 3.30. The summed E-state index contributed by atoms with van der Waals surface area (Å²) in [5.41, 5.74) is 3.22. The third kappa shape index (κ3) is 5.51. The van der Waals surface area contributed by atoms with E-state index in [0.717, 1.165) is 16.7 Å². The molecule has 3 aromatic rings. The molecule has 0 aliphatic heterocycles. The highest BCUT2D eigenvalue weighted by molar-refractivity contribution is 5.83. The number of carbonyl (C=O) groups is 1. The van der Waals surface area contributed by atoms with Crippen molar-refractivity contribution in [2.45, 2.75) is 13.5 Å². The van der Waals surface area contributed by atoms with Crippen LogP contribution in [0.1, 0.15) is 18.1 Å². The van der Waals surface area contributed by atoms with Crippen molar-refractivity contribution < 1.29 is 14.1 Å². The Hall–Kier alpha value is -3.46. The Kier molecular flexibility index (Phi) is 6.31. The molecule has 0 fully saturated rings. The van der Waals surface area contributed by atoms with Crippen LogP contribution in [0, 0.1) is 0 Å². The average molecular weight is 356 g/mol. The van der Waals surface area contributed by atoms with E-state index in [4.69, 9.17) is 4.74 Å². The zero-order chi connectivity index (χ0) is 18.9. The Morgan fingerprint density at radius 2 is 1.41 bits per heavy atom. The van der Waals surface area contributed by atoms with Gasteiger partial charge in [-0.3, -0.25) is 0 Å². The zero-order valence-electron chi connectivity index (χ0n) is 15.3. The summed E-state index contributed by atoms with van der Waals surface area (Å²) in [5, 5.41) is 0. The van der Waals surface area contributed by atoms with Crippen LogP contribution in [0.5, 0.6) is 5.75 Å². The topological polar surface area (TPSA) is 29.3 Å². The van der Waals surface area contributed by atoms with E-state index in [1.165, 1.54) is 0 Å². The highest BCUT2D eigenvalue weighted by Crippen LogP contribution is 2.13. The number of para-hydroxylation sites is 1. The minimum absolute atomic E-state index is 0.415. The summed E-state index contributed by atoms with van der Waals surface area (Å²) < 4.78 is 7.09. The monoisotopic (exact) mass is 356 g/mol. The predicted octanol–water partition coefficient (Wildman–Crippen LogP) is 5.57. The number of carbonyl (C=O) groups excluding carboxylic acids is 1. The number of nitrogens with zero attached hydrogens (tertiary/aromatic N) is 1. The first-order valence-corrected chi connectivity index (χ1v) is 8.87. The van der Waals surface area contributed by atoms with E-state index in [-0.39, 0.29) is 0 Å². The molecule has 1 amide bonds. The van der Waals surface area contributed by atoms with E-state index in [9.17, 15) is 4.79 Å². The van der Waals surface area contributed by atoms with E-state index in [2.05, 4.69) is 0 Å². The van der Waals surface area contributed by atoms with Crippen molar-refractivity contribution in [2.24, 2.45) is 0 Å². The smallest absolute Gasteiger partial charge is 0.372 e. The van der Waals surface area contributed by atoms with E-state index >= 15 is 0 Å². The summed E-state index contributed by atoms with van der Waals surface area (Å²) in [6, 6.07) is 29.0. The van der Waals surface area contributed by atoms with Gasteiger partial charge in [0.05, 0.1) is 0 Å². The second kappa shape index (κ2) is 9.30. The molecule has 3 nitrogen and oxygen atoms in total. The summed E-state index contributed by atoms with van der Waals surface area (Å²) in [6.45, 7) is 2.46. The lowest BCUT2D eigenvalue weighted by Gasteiger charge is -2.03. The molecule has 0 bridgehead atoms. The Balaban J connectivity index is 1.85. The van der Waals surface area contributed by atoms with E-state index in [1.54, 1.807) is 22.9 Å². The molecule has 3 aromatic carbocycles. The quantitative estimate of drug-likeness (QED) is 0.442. The fourth-order valence-corrected chi connectivity index (χ4v) is 2.61. The second-order valence-electron chi connectivity index (χ2n) is 6.16. The van der Waals surface area contributed by atoms with Crippen molar-refractivity contribution >= 4 is 17.9 Å². The molecule has 3 rings (SSSR count). The van der Waals surface area contributed by atoms with Gasteiger partial charge in [0.1, 0.15) is 5.75 Å². The molecule has 27 heavy (non-hydrogen) atoms. The van der Waals surface area contributed by atoms with Crippen molar-refractivity contribution in [1.29, 1.82) is 0 Å². The minimum atomic E-state index is -0.415. The number of benzene rings is 3. The largest absolute Gasteiger partial charge is 0.602 e. The van der Waals surface area contributed by atoms with Crippen LogP contribution in [-0.4, -0.2) is 16.9 Å². The lowest BCUT2D eigenvalue weighted by molar-refractivity contribution is -0.452. The second-order valence-corrected chi connectivity index (χ2v) is 6.16. The fraction of sp³-hybridized carbons (Fsp3) is 0.0833. The maximum absolute atomic E-state index is 12.7.